The largest absolute Gasteiger partial charge is 0.306 e. The summed E-state index contributed by atoms with van der Waals surface area (Å²) in [4.78, 5) is 0. The first-order chi connectivity index (χ1) is 10.2. The maximum absolute atomic E-state index is 3.71. The summed E-state index contributed by atoms with van der Waals surface area (Å²) in [5.41, 5.74) is 4.01. The predicted octanol–water partition coefficient (Wildman–Crippen LogP) is 5.71. The van der Waals surface area contributed by atoms with Gasteiger partial charge in [0.15, 0.2) is 0 Å². The zero-order chi connectivity index (χ0) is 15.2. The van der Waals surface area contributed by atoms with Crippen molar-refractivity contribution in [1.82, 2.24) is 5.32 Å². The number of nitrogens with one attached hydrogen (secondary N) is 1. The van der Waals surface area contributed by atoms with Gasteiger partial charge >= 0.3 is 0 Å². The third-order valence-corrected chi connectivity index (χ3v) is 4.98. The van der Waals surface area contributed by atoms with Crippen molar-refractivity contribution in [3.8, 4) is 0 Å². The first-order valence-corrected chi connectivity index (χ1v) is 9.30. The van der Waals surface area contributed by atoms with E-state index in [9.17, 15) is 0 Å². The summed E-state index contributed by atoms with van der Waals surface area (Å²) < 4.78 is 2.43. The van der Waals surface area contributed by atoms with Crippen molar-refractivity contribution < 1.29 is 0 Å². The van der Waals surface area contributed by atoms with Gasteiger partial charge in [-0.2, -0.15) is 0 Å². The van der Waals surface area contributed by atoms with Crippen LogP contribution < -0.4 is 5.32 Å². The lowest BCUT2D eigenvalue weighted by molar-refractivity contribution is 0.596. The molecular formula is C18H21BrIN. The summed E-state index contributed by atoms with van der Waals surface area (Å²) in [6, 6.07) is 15.7. The zero-order valence-electron chi connectivity index (χ0n) is 12.5. The van der Waals surface area contributed by atoms with Crippen LogP contribution in [0, 0.1) is 3.57 Å². The molecule has 0 aliphatic rings. The second-order valence-electron chi connectivity index (χ2n) is 5.15. The van der Waals surface area contributed by atoms with Crippen molar-refractivity contribution in [2.45, 2.75) is 32.7 Å². The molecule has 2 aromatic carbocycles. The fourth-order valence-corrected chi connectivity index (χ4v) is 3.37. The Morgan fingerprint density at radius 2 is 1.81 bits per heavy atom. The molecule has 0 saturated heterocycles. The molecule has 0 heterocycles. The molecule has 1 atom stereocenters. The summed E-state index contributed by atoms with van der Waals surface area (Å²) in [7, 11) is 0. The van der Waals surface area contributed by atoms with Crippen LogP contribution in [0.3, 0.4) is 0 Å². The Morgan fingerprint density at radius 1 is 1.10 bits per heavy atom. The standard InChI is InChI=1S/C18H21BrIN/c1-3-11-21-18(14-7-5-13(4-2)6-8-14)16-12-15(20)9-10-17(16)19/h5-10,12,18,21H,3-4,11H2,1-2H3. The van der Waals surface area contributed by atoms with Crippen LogP contribution >= 0.6 is 38.5 Å². The Kier molecular flexibility index (Phi) is 6.71. The van der Waals surface area contributed by atoms with E-state index < -0.39 is 0 Å². The molecule has 0 aliphatic carbocycles. The van der Waals surface area contributed by atoms with E-state index in [1.807, 2.05) is 0 Å². The van der Waals surface area contributed by atoms with Gasteiger partial charge in [0.25, 0.3) is 0 Å². The quantitative estimate of drug-likeness (QED) is 0.548. The Hall–Kier alpha value is -0.390. The highest BCUT2D eigenvalue weighted by molar-refractivity contribution is 14.1. The molecule has 21 heavy (non-hydrogen) atoms. The van der Waals surface area contributed by atoms with Crippen molar-refractivity contribution in [1.29, 1.82) is 0 Å². The van der Waals surface area contributed by atoms with Gasteiger partial charge in [-0.3, -0.25) is 0 Å². The van der Waals surface area contributed by atoms with E-state index in [2.05, 4.69) is 100 Å². The number of benzene rings is 2. The molecule has 0 saturated carbocycles. The van der Waals surface area contributed by atoms with Gasteiger partial charge in [0.2, 0.25) is 0 Å². The van der Waals surface area contributed by atoms with Gasteiger partial charge in [-0.1, -0.05) is 54.0 Å². The predicted molar refractivity (Wildman–Crippen MR) is 103 cm³/mol. The van der Waals surface area contributed by atoms with Crippen LogP contribution in [0.5, 0.6) is 0 Å². The maximum Gasteiger partial charge on any atom is 0.0588 e. The van der Waals surface area contributed by atoms with Gasteiger partial charge in [0, 0.05) is 8.04 Å². The molecule has 1 N–H and O–H groups in total. The Balaban J connectivity index is 2.38. The topological polar surface area (TPSA) is 12.0 Å². The fraction of sp³-hybridized carbons (Fsp3) is 0.333. The van der Waals surface area contributed by atoms with Crippen LogP contribution in [-0.2, 0) is 6.42 Å². The van der Waals surface area contributed by atoms with Crippen molar-refractivity contribution in [2.75, 3.05) is 6.54 Å². The van der Waals surface area contributed by atoms with Crippen molar-refractivity contribution in [3.63, 3.8) is 0 Å². The van der Waals surface area contributed by atoms with Gasteiger partial charge in [0.05, 0.1) is 6.04 Å². The lowest BCUT2D eigenvalue weighted by atomic mass is 9.97. The van der Waals surface area contributed by atoms with E-state index in [1.165, 1.54) is 20.3 Å². The number of hydrogen-bond donors (Lipinski definition) is 1. The average molecular weight is 458 g/mol. The summed E-state index contributed by atoms with van der Waals surface area (Å²) in [6.45, 7) is 5.41. The van der Waals surface area contributed by atoms with Gasteiger partial charge in [-0.15, -0.1) is 0 Å². The average Bonchev–Trinajstić information content (AvgIpc) is 2.51. The Bertz CT molecular complexity index is 580. The molecule has 1 nitrogen and oxygen atoms in total. The SMILES string of the molecule is CCCNC(c1ccc(CC)cc1)c1cc(I)ccc1Br. The Morgan fingerprint density at radius 3 is 2.43 bits per heavy atom. The number of hydrogen-bond acceptors (Lipinski definition) is 1. The van der Waals surface area contributed by atoms with E-state index in [0.29, 0.717) is 0 Å². The van der Waals surface area contributed by atoms with Crippen molar-refractivity contribution in [2.24, 2.45) is 0 Å². The van der Waals surface area contributed by atoms with E-state index in [-0.39, 0.29) is 6.04 Å². The van der Waals surface area contributed by atoms with Gasteiger partial charge in [0.1, 0.15) is 0 Å². The van der Waals surface area contributed by atoms with E-state index in [0.717, 1.165) is 23.9 Å². The highest BCUT2D eigenvalue weighted by Gasteiger charge is 2.16. The van der Waals surface area contributed by atoms with Gasteiger partial charge in [-0.05, 0) is 76.9 Å². The highest BCUT2D eigenvalue weighted by atomic mass is 127. The Labute approximate surface area is 149 Å². The van der Waals surface area contributed by atoms with Crippen LogP contribution in [-0.4, -0.2) is 6.54 Å². The molecule has 112 valence electrons. The van der Waals surface area contributed by atoms with Crippen molar-refractivity contribution >= 4 is 38.5 Å². The first-order valence-electron chi connectivity index (χ1n) is 7.42. The van der Waals surface area contributed by atoms with E-state index in [1.54, 1.807) is 0 Å². The first kappa shape index (κ1) is 17.0. The number of aryl methyl sites for hydroxylation is 1. The lowest BCUT2D eigenvalue weighted by Crippen LogP contribution is -2.23. The third kappa shape index (κ3) is 4.54. The van der Waals surface area contributed by atoms with Crippen LogP contribution in [0.4, 0.5) is 0 Å². The normalized spacial score (nSPS) is 12.4. The summed E-state index contributed by atoms with van der Waals surface area (Å²) >= 11 is 6.08. The van der Waals surface area contributed by atoms with E-state index >= 15 is 0 Å². The second-order valence-corrected chi connectivity index (χ2v) is 7.25. The molecule has 3 heteroatoms. The molecule has 0 fully saturated rings. The number of halogens is 2. The summed E-state index contributed by atoms with van der Waals surface area (Å²) in [5, 5.41) is 3.67. The molecule has 0 aliphatic heterocycles. The molecular weight excluding hydrogens is 437 g/mol. The fourth-order valence-electron chi connectivity index (χ4n) is 2.38. The molecule has 0 bridgehead atoms. The molecule has 0 amide bonds. The smallest absolute Gasteiger partial charge is 0.0588 e. The minimum absolute atomic E-state index is 0.236. The molecule has 0 spiro atoms. The molecule has 2 aromatic rings. The molecule has 0 radical (unpaired) electrons. The monoisotopic (exact) mass is 457 g/mol. The van der Waals surface area contributed by atoms with Crippen LogP contribution in [0.2, 0.25) is 0 Å². The zero-order valence-corrected chi connectivity index (χ0v) is 16.2. The molecule has 0 aromatic heterocycles. The minimum atomic E-state index is 0.236. The summed E-state index contributed by atoms with van der Waals surface area (Å²) in [6.07, 6.45) is 2.21. The lowest BCUT2D eigenvalue weighted by Gasteiger charge is -2.21. The molecule has 1 unspecified atom stereocenters. The van der Waals surface area contributed by atoms with Crippen molar-refractivity contribution in [3.05, 3.63) is 67.2 Å². The summed E-state index contributed by atoms with van der Waals surface area (Å²) in [5.74, 6) is 0. The molecule has 2 rings (SSSR count). The third-order valence-electron chi connectivity index (χ3n) is 3.59. The maximum atomic E-state index is 3.71. The minimum Gasteiger partial charge on any atom is -0.306 e. The van der Waals surface area contributed by atoms with Gasteiger partial charge < -0.3 is 5.32 Å². The van der Waals surface area contributed by atoms with Crippen LogP contribution in [0.1, 0.15) is 43.0 Å². The van der Waals surface area contributed by atoms with Crippen LogP contribution in [0.25, 0.3) is 0 Å². The highest BCUT2D eigenvalue weighted by Crippen LogP contribution is 2.30. The van der Waals surface area contributed by atoms with Gasteiger partial charge in [-0.25, -0.2) is 0 Å². The van der Waals surface area contributed by atoms with E-state index in [4.69, 9.17) is 0 Å². The van der Waals surface area contributed by atoms with Crippen LogP contribution in [0.15, 0.2) is 46.9 Å². The number of rotatable bonds is 6. The second kappa shape index (κ2) is 8.30.